The lowest BCUT2D eigenvalue weighted by molar-refractivity contribution is -0.116. The van der Waals surface area contributed by atoms with Gasteiger partial charge in [-0.3, -0.25) is 9.48 Å². The van der Waals surface area contributed by atoms with E-state index in [9.17, 15) is 4.79 Å². The zero-order valence-corrected chi connectivity index (χ0v) is 11.1. The average Bonchev–Trinajstić information content (AvgIpc) is 3.02. The van der Waals surface area contributed by atoms with Crippen LogP contribution in [0.25, 0.3) is 11.0 Å². The van der Waals surface area contributed by atoms with Gasteiger partial charge < -0.3 is 10.3 Å². The second-order valence-corrected chi connectivity index (χ2v) is 4.62. The number of aryl methyl sites for hydroxylation is 2. The molecule has 2 heterocycles. The molecule has 6 heteroatoms. The van der Waals surface area contributed by atoms with Crippen LogP contribution in [-0.2, 0) is 18.3 Å². The number of imidazole rings is 1. The number of nitrogens with one attached hydrogen (secondary N) is 2. The molecule has 0 saturated heterocycles. The number of aromatic nitrogens is 4. The Hall–Kier alpha value is -2.63. The molecular weight excluding hydrogens is 254 g/mol. The maximum Gasteiger partial charge on any atom is 0.226 e. The third-order valence-electron chi connectivity index (χ3n) is 3.01. The summed E-state index contributed by atoms with van der Waals surface area (Å²) in [5.74, 6) is 1.33. The predicted octanol–water partition coefficient (Wildman–Crippen LogP) is 1.87. The first kappa shape index (κ1) is 12.4. The number of rotatable bonds is 4. The fourth-order valence-electron chi connectivity index (χ4n) is 2.04. The number of H-pyrrole nitrogens is 1. The van der Waals surface area contributed by atoms with Crippen molar-refractivity contribution in [2.75, 3.05) is 5.32 Å². The van der Waals surface area contributed by atoms with Crippen molar-refractivity contribution in [1.82, 2.24) is 19.7 Å². The van der Waals surface area contributed by atoms with Gasteiger partial charge in [-0.25, -0.2) is 4.98 Å². The molecule has 2 aromatic heterocycles. The minimum atomic E-state index is -0.0656. The first-order valence-corrected chi connectivity index (χ1v) is 6.44. The summed E-state index contributed by atoms with van der Waals surface area (Å²) in [6.45, 7) is 0. The molecule has 1 amide bonds. The van der Waals surface area contributed by atoms with Crippen LogP contribution in [0.3, 0.4) is 0 Å². The van der Waals surface area contributed by atoms with Gasteiger partial charge in [0.15, 0.2) is 5.82 Å². The van der Waals surface area contributed by atoms with Crippen molar-refractivity contribution in [3.8, 4) is 0 Å². The maximum absolute atomic E-state index is 11.8. The normalized spacial score (nSPS) is 10.8. The molecule has 20 heavy (non-hydrogen) atoms. The Kier molecular flexibility index (Phi) is 3.20. The molecule has 0 radical (unpaired) electrons. The fourth-order valence-corrected chi connectivity index (χ4v) is 2.04. The van der Waals surface area contributed by atoms with E-state index in [1.165, 1.54) is 0 Å². The SMILES string of the molecule is Cn1ccc(NC(=O)CCc2nc3ccccc3[nH]2)n1. The zero-order chi connectivity index (χ0) is 13.9. The van der Waals surface area contributed by atoms with Crippen LogP contribution in [0.4, 0.5) is 5.82 Å². The summed E-state index contributed by atoms with van der Waals surface area (Å²) in [6, 6.07) is 9.58. The lowest BCUT2D eigenvalue weighted by Gasteiger charge is -2.00. The zero-order valence-electron chi connectivity index (χ0n) is 11.1. The van der Waals surface area contributed by atoms with Gasteiger partial charge in [0.25, 0.3) is 0 Å². The lowest BCUT2D eigenvalue weighted by atomic mass is 10.3. The van der Waals surface area contributed by atoms with Crippen LogP contribution in [0.2, 0.25) is 0 Å². The standard InChI is InChI=1S/C14H15N5O/c1-19-9-8-13(18-19)17-14(20)7-6-12-15-10-4-2-3-5-11(10)16-12/h2-5,8-9H,6-7H2,1H3,(H,15,16)(H,17,18,20). The van der Waals surface area contributed by atoms with Crippen molar-refractivity contribution in [1.29, 1.82) is 0 Å². The molecule has 3 aromatic rings. The molecule has 3 rings (SSSR count). The van der Waals surface area contributed by atoms with Crippen LogP contribution < -0.4 is 5.32 Å². The number of benzene rings is 1. The molecule has 0 atom stereocenters. The van der Waals surface area contributed by atoms with Crippen molar-refractivity contribution < 1.29 is 4.79 Å². The minimum absolute atomic E-state index is 0.0656. The Balaban J connectivity index is 1.59. The van der Waals surface area contributed by atoms with Gasteiger partial charge in [0.1, 0.15) is 5.82 Å². The molecule has 0 aliphatic carbocycles. The Labute approximate surface area is 115 Å². The van der Waals surface area contributed by atoms with Crippen LogP contribution in [0, 0.1) is 0 Å². The Morgan fingerprint density at radius 3 is 2.95 bits per heavy atom. The van der Waals surface area contributed by atoms with Crippen LogP contribution in [0.5, 0.6) is 0 Å². The summed E-state index contributed by atoms with van der Waals surface area (Å²) in [5, 5.41) is 6.86. The second-order valence-electron chi connectivity index (χ2n) is 4.62. The highest BCUT2D eigenvalue weighted by Crippen LogP contribution is 2.11. The van der Waals surface area contributed by atoms with Crippen molar-refractivity contribution in [3.63, 3.8) is 0 Å². The smallest absolute Gasteiger partial charge is 0.226 e. The number of fused-ring (bicyclic) bond motifs is 1. The van der Waals surface area contributed by atoms with Gasteiger partial charge in [-0.05, 0) is 12.1 Å². The van der Waals surface area contributed by atoms with Gasteiger partial charge in [0.05, 0.1) is 11.0 Å². The number of nitrogens with zero attached hydrogens (tertiary/aromatic N) is 3. The molecule has 0 spiro atoms. The molecular formula is C14H15N5O. The number of hydrogen-bond donors (Lipinski definition) is 2. The van der Waals surface area contributed by atoms with Gasteiger partial charge in [0, 0.05) is 32.2 Å². The number of carbonyl (C=O) groups is 1. The molecule has 0 aliphatic rings. The van der Waals surface area contributed by atoms with Crippen LogP contribution in [0.15, 0.2) is 36.5 Å². The molecule has 2 N–H and O–H groups in total. The first-order valence-electron chi connectivity index (χ1n) is 6.44. The molecule has 0 bridgehead atoms. The number of aromatic amines is 1. The van der Waals surface area contributed by atoms with Gasteiger partial charge in [-0.2, -0.15) is 5.10 Å². The second kappa shape index (κ2) is 5.16. The average molecular weight is 269 g/mol. The minimum Gasteiger partial charge on any atom is -0.342 e. The lowest BCUT2D eigenvalue weighted by Crippen LogP contribution is -2.13. The van der Waals surface area contributed by atoms with E-state index in [0.29, 0.717) is 18.7 Å². The fraction of sp³-hybridized carbons (Fsp3) is 0.214. The van der Waals surface area contributed by atoms with E-state index in [-0.39, 0.29) is 5.91 Å². The van der Waals surface area contributed by atoms with E-state index in [4.69, 9.17) is 0 Å². The molecule has 0 fully saturated rings. The monoisotopic (exact) mass is 269 g/mol. The molecule has 1 aromatic carbocycles. The van der Waals surface area contributed by atoms with E-state index in [1.54, 1.807) is 16.9 Å². The molecule has 0 unspecified atom stereocenters. The number of anilines is 1. The number of amides is 1. The van der Waals surface area contributed by atoms with E-state index in [2.05, 4.69) is 20.4 Å². The molecule has 0 saturated carbocycles. The molecule has 102 valence electrons. The van der Waals surface area contributed by atoms with E-state index in [0.717, 1.165) is 16.9 Å². The van der Waals surface area contributed by atoms with Gasteiger partial charge in [-0.15, -0.1) is 0 Å². The maximum atomic E-state index is 11.8. The highest BCUT2D eigenvalue weighted by molar-refractivity contribution is 5.89. The largest absolute Gasteiger partial charge is 0.342 e. The van der Waals surface area contributed by atoms with E-state index < -0.39 is 0 Å². The summed E-state index contributed by atoms with van der Waals surface area (Å²) in [7, 11) is 1.81. The summed E-state index contributed by atoms with van der Waals surface area (Å²) >= 11 is 0. The number of para-hydroxylation sites is 2. The van der Waals surface area contributed by atoms with Crippen molar-refractivity contribution in [2.24, 2.45) is 7.05 Å². The van der Waals surface area contributed by atoms with Crippen molar-refractivity contribution in [2.45, 2.75) is 12.8 Å². The van der Waals surface area contributed by atoms with Crippen LogP contribution in [0.1, 0.15) is 12.2 Å². The highest BCUT2D eigenvalue weighted by Gasteiger charge is 2.07. The van der Waals surface area contributed by atoms with E-state index in [1.807, 2.05) is 31.3 Å². The summed E-state index contributed by atoms with van der Waals surface area (Å²) in [5.41, 5.74) is 1.92. The summed E-state index contributed by atoms with van der Waals surface area (Å²) in [6.07, 6.45) is 2.73. The number of carbonyl (C=O) groups excluding carboxylic acids is 1. The Morgan fingerprint density at radius 1 is 1.35 bits per heavy atom. The van der Waals surface area contributed by atoms with Crippen LogP contribution in [-0.4, -0.2) is 25.7 Å². The topological polar surface area (TPSA) is 75.6 Å². The Morgan fingerprint density at radius 2 is 2.20 bits per heavy atom. The van der Waals surface area contributed by atoms with Crippen molar-refractivity contribution >= 4 is 22.8 Å². The third kappa shape index (κ3) is 2.69. The molecule has 0 aliphatic heterocycles. The number of hydrogen-bond acceptors (Lipinski definition) is 3. The highest BCUT2D eigenvalue weighted by atomic mass is 16.1. The van der Waals surface area contributed by atoms with Gasteiger partial charge in [-0.1, -0.05) is 12.1 Å². The Bertz CT molecular complexity index is 710. The summed E-state index contributed by atoms with van der Waals surface area (Å²) < 4.78 is 1.65. The van der Waals surface area contributed by atoms with Crippen molar-refractivity contribution in [3.05, 3.63) is 42.4 Å². The molecule has 6 nitrogen and oxygen atoms in total. The predicted molar refractivity (Wildman–Crippen MR) is 76.3 cm³/mol. The quantitative estimate of drug-likeness (QED) is 0.759. The van der Waals surface area contributed by atoms with Gasteiger partial charge in [0.2, 0.25) is 5.91 Å². The first-order chi connectivity index (χ1) is 9.70. The summed E-state index contributed by atoms with van der Waals surface area (Å²) in [4.78, 5) is 19.5. The van der Waals surface area contributed by atoms with Gasteiger partial charge >= 0.3 is 0 Å². The third-order valence-corrected chi connectivity index (χ3v) is 3.01. The van der Waals surface area contributed by atoms with E-state index >= 15 is 0 Å². The van der Waals surface area contributed by atoms with Crippen LogP contribution >= 0.6 is 0 Å².